The number of phenols is 1. The van der Waals surface area contributed by atoms with Gasteiger partial charge in [0.15, 0.2) is 5.96 Å². The number of likely N-dealkylation sites (tertiary alicyclic amines) is 1. The summed E-state index contributed by atoms with van der Waals surface area (Å²) in [5.41, 5.74) is 24.5. The lowest BCUT2D eigenvalue weighted by Gasteiger charge is -2.45. The van der Waals surface area contributed by atoms with Crippen LogP contribution in [0, 0.1) is 5.92 Å². The van der Waals surface area contributed by atoms with Crippen molar-refractivity contribution in [3.05, 3.63) is 167 Å². The van der Waals surface area contributed by atoms with E-state index in [1.807, 2.05) is 42.1 Å². The highest BCUT2D eigenvalue weighted by molar-refractivity contribution is 7.99. The number of hydrogen-bond acceptors (Lipinski definition) is 16. The largest absolute Gasteiger partial charge is 0.508 e. The molecule has 5 heterocycles. The summed E-state index contributed by atoms with van der Waals surface area (Å²) in [6.07, 6.45) is 9.03. The van der Waals surface area contributed by atoms with Crippen LogP contribution in [0.25, 0.3) is 21.8 Å². The number of carbonyl (C=O) groups excluding carboxylic acids is 8. The maximum absolute atomic E-state index is 15.3. The van der Waals surface area contributed by atoms with E-state index >= 15 is 24.0 Å². The third-order valence-electron chi connectivity index (χ3n) is 20.0. The Morgan fingerprint density at radius 2 is 1.23 bits per heavy atom. The first kappa shape index (κ1) is 77.7. The van der Waals surface area contributed by atoms with Gasteiger partial charge in [-0.2, -0.15) is 11.8 Å². The number of para-hydroxylation sites is 1. The van der Waals surface area contributed by atoms with E-state index < -0.39 is 102 Å². The van der Waals surface area contributed by atoms with Gasteiger partial charge in [0.05, 0.1) is 12.1 Å². The number of fused-ring (bicyclic) bond motifs is 3. The Kier molecular flexibility index (Phi) is 28.3. The number of nitrogens with zero attached hydrogens (tertiary/aromatic N) is 3. The highest BCUT2D eigenvalue weighted by Gasteiger charge is 2.41. The molecule has 105 heavy (non-hydrogen) atoms. The molecule has 12 atom stereocenters. The number of nitrogens with two attached hydrogens (primary N) is 3. The van der Waals surface area contributed by atoms with Crippen molar-refractivity contribution in [3.8, 4) is 5.75 Å². The van der Waals surface area contributed by atoms with Gasteiger partial charge in [-0.25, -0.2) is 0 Å². The van der Waals surface area contributed by atoms with Gasteiger partial charge in [0.2, 0.25) is 47.3 Å². The Labute approximate surface area is 615 Å². The molecule has 1 aliphatic carbocycles. The molecule has 8 amide bonds. The van der Waals surface area contributed by atoms with Crippen LogP contribution >= 0.6 is 11.8 Å². The highest BCUT2D eigenvalue weighted by Crippen LogP contribution is 2.45. The van der Waals surface area contributed by atoms with E-state index in [0.717, 1.165) is 36.0 Å². The van der Waals surface area contributed by atoms with Gasteiger partial charge < -0.3 is 90.1 Å². The van der Waals surface area contributed by atoms with Crippen molar-refractivity contribution in [2.24, 2.45) is 28.1 Å². The fourth-order valence-electron chi connectivity index (χ4n) is 14.5. The predicted molar refractivity (Wildman–Crippen MR) is 405 cm³/mol. The van der Waals surface area contributed by atoms with Gasteiger partial charge in [-0.3, -0.25) is 48.3 Å². The number of likely N-dealkylation sites (N-methyl/N-ethyl adjacent to an activating group) is 1. The first-order valence-corrected chi connectivity index (χ1v) is 37.6. The van der Waals surface area contributed by atoms with Crippen molar-refractivity contribution in [1.29, 1.82) is 0 Å². The Morgan fingerprint density at radius 3 is 1.92 bits per heavy atom. The summed E-state index contributed by atoms with van der Waals surface area (Å²) < 4.78 is 0. The second-order valence-electron chi connectivity index (χ2n) is 27.9. The number of aliphatic hydroxyl groups excluding tert-OH is 1. The molecule has 4 aromatic carbocycles. The molecule has 560 valence electrons. The maximum Gasteiger partial charge on any atom is 0.245 e. The number of aromatic hydroxyl groups is 1. The predicted octanol–water partition coefficient (Wildman–Crippen LogP) is 2.63. The zero-order valence-electron chi connectivity index (χ0n) is 59.6. The number of unbranched alkanes of at least 4 members (excludes halogenated alkanes) is 1. The Hall–Kier alpha value is -9.87. The average Bonchev–Trinajstić information content (AvgIpc) is 1.68. The molecule has 27 nitrogen and oxygen atoms in total. The van der Waals surface area contributed by atoms with Crippen molar-refractivity contribution < 1.29 is 48.6 Å². The molecular weight excluding hydrogens is 1360 g/mol. The third-order valence-corrected chi connectivity index (χ3v) is 21.2. The smallest absolute Gasteiger partial charge is 0.245 e. The van der Waals surface area contributed by atoms with Gasteiger partial charge in [-0.15, -0.1) is 0 Å². The van der Waals surface area contributed by atoms with E-state index in [4.69, 9.17) is 17.2 Å². The van der Waals surface area contributed by atoms with E-state index in [2.05, 4.69) is 104 Å². The van der Waals surface area contributed by atoms with Crippen molar-refractivity contribution in [3.63, 3.8) is 0 Å². The van der Waals surface area contributed by atoms with E-state index in [1.165, 1.54) is 53.5 Å². The molecule has 0 bridgehead atoms. The topological polar surface area (TPSA) is 423 Å². The van der Waals surface area contributed by atoms with Crippen LogP contribution in [-0.2, 0) is 70.5 Å². The van der Waals surface area contributed by atoms with Gasteiger partial charge >= 0.3 is 0 Å². The van der Waals surface area contributed by atoms with Crippen LogP contribution in [0.3, 0.4) is 0 Å². The fourth-order valence-corrected chi connectivity index (χ4v) is 15.5. The standard InChI is InChI=1S/C77H101N17O10S/c1-46(95)68-76(104)92-62(38-48-23-25-53(96)26-24-48)69(97)83-30-11-9-19-59(82-34-35-105-45-50-36-56-55-17-12-21-58-67(55)52(43-86-58)41-66(56)94(2)44-50)70(98)87-61(22-13-31-84-77(79)80)71(99)89-63(37-47-14-4-3-5-15-47)73(101)90-64(39-49-27-32-81-33-28-49)74(102)91-65(40-51-42-85-57-18-7-6-16-54(51)57)75(103)88-60(72(100)93-68)20-8-10-29-78/h3-7,12,14-18,21,23-28,32-33,42-43,46,50,56,59-66,68,82,85-86,95-96H,8-11,13,19-20,22,29-31,34-41,44-45,78H2,1-2H3,(H,83,97)(H,87,98)(H,88,103)(H,89,99)(H,90,101)(H,91,102)(H,92,104)(H,93,100)(H4,79,80,84)/t46-,50-,56-,59-,60+,61+,62+,63+,64+,65-,66-,68+/m1/s1. The monoisotopic (exact) mass is 1460 g/mol. The second kappa shape index (κ2) is 38.2. The van der Waals surface area contributed by atoms with Crippen molar-refractivity contribution in [2.45, 2.75) is 163 Å². The Balaban J connectivity index is 0.959. The molecule has 2 saturated heterocycles. The molecule has 0 spiro atoms. The third kappa shape index (κ3) is 21.9. The number of carbonyl (C=O) groups is 8. The number of thioether (sulfide) groups is 1. The number of aromatic amines is 2. The highest BCUT2D eigenvalue weighted by atomic mass is 32.2. The summed E-state index contributed by atoms with van der Waals surface area (Å²) in [6.45, 7) is 3.12. The normalized spacial score (nSPS) is 24.1. The number of nitrogens with one attached hydrogen (secondary N) is 11. The summed E-state index contributed by atoms with van der Waals surface area (Å²) in [7, 11) is 2.22. The average molecular weight is 1460 g/mol. The molecule has 19 N–H and O–H groups in total. The molecule has 3 aromatic heterocycles. The van der Waals surface area contributed by atoms with Gasteiger partial charge in [-0.05, 0) is 166 Å². The summed E-state index contributed by atoms with van der Waals surface area (Å²) in [5, 5.41) is 50.0. The summed E-state index contributed by atoms with van der Waals surface area (Å²) in [6, 6.07) is 22.0. The van der Waals surface area contributed by atoms with Crippen LogP contribution in [-0.4, -0.2) is 195 Å². The van der Waals surface area contributed by atoms with Crippen LogP contribution in [0.4, 0.5) is 0 Å². The van der Waals surface area contributed by atoms with Crippen LogP contribution < -0.4 is 65.1 Å². The second-order valence-corrected chi connectivity index (χ2v) is 29.0. The first-order valence-electron chi connectivity index (χ1n) is 36.5. The maximum atomic E-state index is 15.3. The number of piperidine rings is 1. The number of aliphatic imine (C=N–C) groups is 1. The number of amides is 8. The van der Waals surface area contributed by atoms with Crippen molar-refractivity contribution >= 4 is 86.8 Å². The lowest BCUT2D eigenvalue weighted by molar-refractivity contribution is -0.136. The minimum absolute atomic E-state index is 0.00226. The molecule has 3 aliphatic rings. The lowest BCUT2D eigenvalue weighted by atomic mass is 9.73. The molecule has 28 heteroatoms. The van der Waals surface area contributed by atoms with E-state index in [9.17, 15) is 24.6 Å². The SMILES string of the molecule is C[C@@H](O)[C@@H]1NC(=O)[C@H](CCCCN)NC(=O)[C@@H](Cc2c[nH]c3ccccc23)NC(=O)[C@H](Cc2ccncc2)NC(=O)[C@H](Cc2ccccc2)NC(=O)[C@H](CCCN=C(N)N)NC(=O)[C@H](NCCSC[C@@H]2C[C@@H]3c4cccc5[nH]cc(c45)C[C@H]3N(C)C2)CCCCNC(=O)[C@H](Cc2ccc(O)cc2)NC1=O. The van der Waals surface area contributed by atoms with E-state index in [-0.39, 0.29) is 82.7 Å². The zero-order chi connectivity index (χ0) is 74.4. The Bertz CT molecular complexity index is 4100. The number of guanidine groups is 1. The van der Waals surface area contributed by atoms with Crippen LogP contribution in [0.15, 0.2) is 139 Å². The molecule has 2 aliphatic heterocycles. The molecule has 7 aromatic rings. The summed E-state index contributed by atoms with van der Waals surface area (Å²) in [4.78, 5) is 137. The van der Waals surface area contributed by atoms with Crippen LogP contribution in [0.2, 0.25) is 0 Å². The number of aromatic nitrogens is 3. The number of phenolic OH excluding ortho intramolecular Hbond substituents is 1. The molecule has 0 saturated carbocycles. The molecule has 2 fully saturated rings. The zero-order valence-corrected chi connectivity index (χ0v) is 60.4. The van der Waals surface area contributed by atoms with Gasteiger partial charge in [0, 0.05) is 116 Å². The molecule has 0 radical (unpaired) electrons. The van der Waals surface area contributed by atoms with E-state index in [1.54, 1.807) is 54.7 Å². The van der Waals surface area contributed by atoms with Crippen molar-refractivity contribution in [1.82, 2.24) is 67.7 Å². The van der Waals surface area contributed by atoms with E-state index in [0.29, 0.717) is 78.1 Å². The molecular formula is C77H101N17O10S. The number of hydrogen-bond donors (Lipinski definition) is 16. The van der Waals surface area contributed by atoms with Crippen LogP contribution in [0.5, 0.6) is 5.75 Å². The number of rotatable bonds is 23. The number of aliphatic hydroxyl groups is 1. The van der Waals surface area contributed by atoms with Gasteiger partial charge in [0.1, 0.15) is 48.0 Å². The fraction of sp³-hybridized carbons (Fsp3) is 0.455. The van der Waals surface area contributed by atoms with Crippen molar-refractivity contribution in [2.75, 3.05) is 51.3 Å². The Morgan fingerprint density at radius 1 is 0.638 bits per heavy atom. The summed E-state index contributed by atoms with van der Waals surface area (Å²) >= 11 is 1.81. The number of H-pyrrole nitrogens is 2. The summed E-state index contributed by atoms with van der Waals surface area (Å²) in [5.74, 6) is -3.83. The minimum Gasteiger partial charge on any atom is -0.508 e. The van der Waals surface area contributed by atoms with Gasteiger partial charge in [0.25, 0.3) is 0 Å². The quantitative estimate of drug-likeness (QED) is 0.0249. The number of benzene rings is 4. The minimum atomic E-state index is -1.67. The number of pyridine rings is 1. The molecule has 10 rings (SSSR count). The first-order chi connectivity index (χ1) is 50.8. The molecule has 0 unspecified atom stereocenters. The lowest BCUT2D eigenvalue weighted by Crippen LogP contribution is -2.62. The van der Waals surface area contributed by atoms with Gasteiger partial charge in [-0.1, -0.05) is 72.8 Å². The van der Waals surface area contributed by atoms with Crippen LogP contribution in [0.1, 0.15) is 104 Å².